The quantitative estimate of drug-likeness (QED) is 0.739. The maximum absolute atomic E-state index is 12.3. The number of hydrogen-bond acceptors (Lipinski definition) is 4. The van der Waals surface area contributed by atoms with Gasteiger partial charge >= 0.3 is 0 Å². The Morgan fingerprint density at radius 1 is 1.24 bits per heavy atom. The van der Waals surface area contributed by atoms with Crippen molar-refractivity contribution in [3.05, 3.63) is 23.8 Å². The number of fused-ring (bicyclic) bond motifs is 2. The first kappa shape index (κ1) is 14.3. The summed E-state index contributed by atoms with van der Waals surface area (Å²) in [6.07, 6.45) is 10.3. The van der Waals surface area contributed by atoms with Gasteiger partial charge < -0.3 is 20.0 Å². The van der Waals surface area contributed by atoms with Crippen LogP contribution in [0.25, 0.3) is 0 Å². The zero-order chi connectivity index (χ0) is 14.8. The Labute approximate surface area is 124 Å². The Morgan fingerprint density at radius 3 is 2.67 bits per heavy atom. The van der Waals surface area contributed by atoms with Crippen molar-refractivity contribution in [3.8, 4) is 0 Å². The molecule has 114 valence electrons. The maximum atomic E-state index is 12.3. The Bertz CT molecular complexity index is 497. The fourth-order valence-corrected chi connectivity index (χ4v) is 3.50. The van der Waals surface area contributed by atoms with Crippen LogP contribution in [0.2, 0.25) is 0 Å². The van der Waals surface area contributed by atoms with Gasteiger partial charge in [-0.15, -0.1) is 0 Å². The topological polar surface area (TPSA) is 78.5 Å². The molecular weight excluding hydrogens is 270 g/mol. The Morgan fingerprint density at radius 2 is 2.00 bits per heavy atom. The number of carboxylic acid groups (broad SMARTS) is 1. The first-order valence-corrected chi connectivity index (χ1v) is 7.67. The van der Waals surface area contributed by atoms with Crippen LogP contribution in [-0.4, -0.2) is 30.6 Å². The molecule has 0 aromatic heterocycles. The number of allylic oxidation sites excluding steroid dienone is 1. The normalized spacial score (nSPS) is 33.8. The van der Waals surface area contributed by atoms with Gasteiger partial charge in [0.2, 0.25) is 5.91 Å². The van der Waals surface area contributed by atoms with Gasteiger partial charge in [-0.3, -0.25) is 4.79 Å². The zero-order valence-electron chi connectivity index (χ0n) is 11.9. The largest absolute Gasteiger partial charge is 0.550 e. The van der Waals surface area contributed by atoms with Gasteiger partial charge in [0.25, 0.3) is 0 Å². The van der Waals surface area contributed by atoms with E-state index in [-0.39, 0.29) is 5.91 Å². The summed E-state index contributed by atoms with van der Waals surface area (Å²) in [6, 6.07) is 0. The molecular formula is C16H20NO4-. The van der Waals surface area contributed by atoms with Gasteiger partial charge in [0.05, 0.1) is 18.1 Å². The van der Waals surface area contributed by atoms with Crippen molar-refractivity contribution in [1.82, 2.24) is 5.32 Å². The summed E-state index contributed by atoms with van der Waals surface area (Å²) in [5, 5.41) is 14.1. The predicted octanol–water partition coefficient (Wildman–Crippen LogP) is 0.313. The van der Waals surface area contributed by atoms with Crippen LogP contribution in [0.3, 0.4) is 0 Å². The molecule has 0 aromatic rings. The maximum Gasteiger partial charge on any atom is 0.226 e. The van der Waals surface area contributed by atoms with Crippen LogP contribution in [0.1, 0.15) is 32.1 Å². The van der Waals surface area contributed by atoms with Gasteiger partial charge in [0.15, 0.2) is 0 Å². The smallest absolute Gasteiger partial charge is 0.226 e. The van der Waals surface area contributed by atoms with Crippen molar-refractivity contribution in [1.29, 1.82) is 0 Å². The van der Waals surface area contributed by atoms with Crippen LogP contribution >= 0.6 is 0 Å². The van der Waals surface area contributed by atoms with E-state index in [0.29, 0.717) is 6.54 Å². The summed E-state index contributed by atoms with van der Waals surface area (Å²) in [6.45, 7) is 0.558. The average molecular weight is 290 g/mol. The molecule has 1 amide bonds. The summed E-state index contributed by atoms with van der Waals surface area (Å²) >= 11 is 0. The van der Waals surface area contributed by atoms with Gasteiger partial charge in [-0.05, 0) is 32.1 Å². The second kappa shape index (κ2) is 6.02. The van der Waals surface area contributed by atoms with E-state index in [1.54, 1.807) is 12.2 Å². The monoisotopic (exact) mass is 290 g/mol. The first-order chi connectivity index (χ1) is 10.2. The number of hydrogen-bond donors (Lipinski definition) is 1. The van der Waals surface area contributed by atoms with Gasteiger partial charge in [-0.1, -0.05) is 23.8 Å². The van der Waals surface area contributed by atoms with Crippen molar-refractivity contribution in [2.45, 2.75) is 44.3 Å². The van der Waals surface area contributed by atoms with Crippen molar-refractivity contribution in [2.24, 2.45) is 11.8 Å². The molecule has 2 heterocycles. The lowest BCUT2D eigenvalue weighted by atomic mass is 9.82. The van der Waals surface area contributed by atoms with E-state index < -0.39 is 30.0 Å². The van der Waals surface area contributed by atoms with Crippen molar-refractivity contribution >= 4 is 11.9 Å². The molecule has 1 aliphatic carbocycles. The van der Waals surface area contributed by atoms with Crippen LogP contribution in [0.5, 0.6) is 0 Å². The zero-order valence-corrected chi connectivity index (χ0v) is 11.9. The predicted molar refractivity (Wildman–Crippen MR) is 74.0 cm³/mol. The van der Waals surface area contributed by atoms with E-state index in [1.165, 1.54) is 18.4 Å². The molecule has 1 fully saturated rings. The molecule has 2 bridgehead atoms. The van der Waals surface area contributed by atoms with E-state index in [0.717, 1.165) is 19.3 Å². The molecule has 0 radical (unpaired) electrons. The number of nitrogens with one attached hydrogen (secondary N) is 1. The van der Waals surface area contributed by atoms with E-state index in [1.807, 2.05) is 0 Å². The van der Waals surface area contributed by atoms with Crippen molar-refractivity contribution in [2.75, 3.05) is 6.54 Å². The minimum absolute atomic E-state index is 0.238. The molecule has 4 atom stereocenters. The summed E-state index contributed by atoms with van der Waals surface area (Å²) < 4.78 is 5.47. The number of aliphatic carboxylic acids is 1. The fourth-order valence-electron chi connectivity index (χ4n) is 3.50. The van der Waals surface area contributed by atoms with Gasteiger partial charge in [-0.25, -0.2) is 0 Å². The molecule has 1 saturated heterocycles. The lowest BCUT2D eigenvalue weighted by Gasteiger charge is -2.25. The number of carbonyl (C=O) groups is 2. The van der Waals surface area contributed by atoms with Crippen LogP contribution < -0.4 is 10.4 Å². The second-order valence-electron chi connectivity index (χ2n) is 5.97. The highest BCUT2D eigenvalue weighted by Gasteiger charge is 2.50. The second-order valence-corrected chi connectivity index (χ2v) is 5.97. The molecule has 2 aliphatic heterocycles. The molecule has 0 aromatic carbocycles. The third-order valence-electron chi connectivity index (χ3n) is 4.60. The van der Waals surface area contributed by atoms with Gasteiger partial charge in [-0.2, -0.15) is 0 Å². The van der Waals surface area contributed by atoms with E-state index >= 15 is 0 Å². The summed E-state index contributed by atoms with van der Waals surface area (Å²) in [5.41, 5.74) is 1.39. The van der Waals surface area contributed by atoms with Crippen molar-refractivity contribution in [3.63, 3.8) is 0 Å². The number of carboxylic acids is 1. The Balaban J connectivity index is 1.54. The average Bonchev–Trinajstić information content (AvgIpc) is 3.08. The Hall–Kier alpha value is -1.62. The molecule has 5 nitrogen and oxygen atoms in total. The highest BCUT2D eigenvalue weighted by molar-refractivity contribution is 5.86. The van der Waals surface area contributed by atoms with Gasteiger partial charge in [0, 0.05) is 18.4 Å². The molecule has 0 saturated carbocycles. The summed E-state index contributed by atoms with van der Waals surface area (Å²) in [4.78, 5) is 23.5. The molecule has 3 aliphatic rings. The van der Waals surface area contributed by atoms with E-state index in [9.17, 15) is 14.7 Å². The number of ether oxygens (including phenoxy) is 1. The highest BCUT2D eigenvalue weighted by atomic mass is 16.5. The van der Waals surface area contributed by atoms with Gasteiger partial charge in [0.1, 0.15) is 0 Å². The Kier molecular flexibility index (Phi) is 4.10. The summed E-state index contributed by atoms with van der Waals surface area (Å²) in [5.74, 6) is -2.97. The third kappa shape index (κ3) is 2.88. The molecule has 0 unspecified atom stereocenters. The molecule has 1 N–H and O–H groups in total. The van der Waals surface area contributed by atoms with Crippen LogP contribution in [-0.2, 0) is 14.3 Å². The van der Waals surface area contributed by atoms with Crippen LogP contribution in [0.4, 0.5) is 0 Å². The minimum atomic E-state index is -1.21. The standard InChI is InChI=1S/C16H21NO4/c18-15(17-9-8-10-4-2-1-3-5-10)13-11-6-7-12(21-11)14(13)16(19)20/h4,6-7,11-14H,1-3,5,8-9H2,(H,17,18)(H,19,20)/p-1/t11-,12+,13+,14+/m1/s1. The van der Waals surface area contributed by atoms with Crippen LogP contribution in [0.15, 0.2) is 23.8 Å². The molecule has 3 rings (SSSR count). The third-order valence-corrected chi connectivity index (χ3v) is 4.60. The summed E-state index contributed by atoms with van der Waals surface area (Å²) in [7, 11) is 0. The van der Waals surface area contributed by atoms with Crippen molar-refractivity contribution < 1.29 is 19.4 Å². The minimum Gasteiger partial charge on any atom is -0.550 e. The molecule has 21 heavy (non-hydrogen) atoms. The number of amides is 1. The SMILES string of the molecule is O=C([O-])[C@@H]1[C@@H](C(=O)NCCC2=CCCCC2)[C@H]2C=C[C@@H]1O2. The first-order valence-electron chi connectivity index (χ1n) is 7.67. The van der Waals surface area contributed by atoms with E-state index in [4.69, 9.17) is 4.74 Å². The molecule has 0 spiro atoms. The lowest BCUT2D eigenvalue weighted by molar-refractivity contribution is -0.313. The number of rotatable bonds is 5. The number of carbonyl (C=O) groups excluding carboxylic acids is 2. The fraction of sp³-hybridized carbons (Fsp3) is 0.625. The lowest BCUT2D eigenvalue weighted by Crippen LogP contribution is -2.47. The van der Waals surface area contributed by atoms with E-state index in [2.05, 4.69) is 11.4 Å². The highest BCUT2D eigenvalue weighted by Crippen LogP contribution is 2.38. The molecule has 5 heteroatoms. The van der Waals surface area contributed by atoms with Crippen LogP contribution in [0, 0.1) is 11.8 Å².